The Bertz CT molecular complexity index is 643. The van der Waals surface area contributed by atoms with E-state index in [4.69, 9.17) is 9.47 Å². The number of esters is 2. The van der Waals surface area contributed by atoms with E-state index in [1.54, 1.807) is 6.92 Å². The van der Waals surface area contributed by atoms with Crippen LogP contribution < -0.4 is 0 Å². The van der Waals surface area contributed by atoms with Gasteiger partial charge in [-0.1, -0.05) is 63.7 Å². The number of ether oxygens (including phenoxy) is 3. The molecule has 1 aliphatic heterocycles. The Morgan fingerprint density at radius 3 is 2.44 bits per heavy atom. The SMILES string of the molecule is CC[C@H](C)/C=C/C[C@H]1CO[C@@H](C/C(C)=C/C(=O)OCCCCCCCCC(=O)OC)[C@H](O)[C@@H]1O. The molecular formula is C27H46O7. The molecule has 7 heteroatoms. The van der Waals surface area contributed by atoms with E-state index in [-0.39, 0.29) is 11.9 Å². The first-order valence-corrected chi connectivity index (χ1v) is 12.8. The molecule has 7 nitrogen and oxygen atoms in total. The molecule has 34 heavy (non-hydrogen) atoms. The van der Waals surface area contributed by atoms with Crippen LogP contribution >= 0.6 is 0 Å². The monoisotopic (exact) mass is 482 g/mol. The lowest BCUT2D eigenvalue weighted by atomic mass is 9.87. The molecule has 0 aliphatic carbocycles. The number of carbonyl (C=O) groups is 2. The van der Waals surface area contributed by atoms with Gasteiger partial charge < -0.3 is 24.4 Å². The van der Waals surface area contributed by atoms with Gasteiger partial charge in [-0.25, -0.2) is 4.79 Å². The van der Waals surface area contributed by atoms with Crippen LogP contribution in [0.25, 0.3) is 0 Å². The summed E-state index contributed by atoms with van der Waals surface area (Å²) in [4.78, 5) is 23.1. The van der Waals surface area contributed by atoms with Crippen molar-refractivity contribution in [2.75, 3.05) is 20.3 Å². The summed E-state index contributed by atoms with van der Waals surface area (Å²) in [6, 6.07) is 0. The van der Waals surface area contributed by atoms with E-state index in [1.807, 2.05) is 0 Å². The number of aliphatic hydroxyl groups excluding tert-OH is 2. The third-order valence-corrected chi connectivity index (χ3v) is 6.42. The zero-order chi connectivity index (χ0) is 25.3. The van der Waals surface area contributed by atoms with Crippen molar-refractivity contribution in [2.24, 2.45) is 11.8 Å². The van der Waals surface area contributed by atoms with Crippen molar-refractivity contribution in [3.63, 3.8) is 0 Å². The maximum absolute atomic E-state index is 12.1. The van der Waals surface area contributed by atoms with Gasteiger partial charge in [0.05, 0.1) is 32.5 Å². The second-order valence-corrected chi connectivity index (χ2v) is 9.47. The highest BCUT2D eigenvalue weighted by atomic mass is 16.5. The van der Waals surface area contributed by atoms with Crippen molar-refractivity contribution in [2.45, 2.75) is 103 Å². The highest BCUT2D eigenvalue weighted by Crippen LogP contribution is 2.27. The molecule has 1 rings (SSSR count). The van der Waals surface area contributed by atoms with Gasteiger partial charge >= 0.3 is 11.9 Å². The fourth-order valence-electron chi connectivity index (χ4n) is 3.92. The van der Waals surface area contributed by atoms with Gasteiger partial charge in [-0.2, -0.15) is 0 Å². The Kier molecular flexibility index (Phi) is 15.8. The Morgan fingerprint density at radius 1 is 1.09 bits per heavy atom. The minimum absolute atomic E-state index is 0.131. The van der Waals surface area contributed by atoms with E-state index < -0.39 is 24.3 Å². The number of hydrogen-bond donors (Lipinski definition) is 2. The maximum atomic E-state index is 12.1. The summed E-state index contributed by atoms with van der Waals surface area (Å²) in [6.45, 7) is 6.84. The number of carbonyl (C=O) groups excluding carboxylic acids is 2. The molecule has 1 aliphatic rings. The fraction of sp³-hybridized carbons (Fsp3) is 0.778. The van der Waals surface area contributed by atoms with E-state index >= 15 is 0 Å². The second-order valence-electron chi connectivity index (χ2n) is 9.47. The number of unbranched alkanes of at least 4 members (excludes halogenated alkanes) is 5. The zero-order valence-electron chi connectivity index (χ0n) is 21.5. The van der Waals surface area contributed by atoms with Crippen molar-refractivity contribution in [1.29, 1.82) is 0 Å². The van der Waals surface area contributed by atoms with Crippen LogP contribution in [0.2, 0.25) is 0 Å². The standard InChI is InChI=1S/C27H46O7/c1-5-20(2)13-12-14-22-19-34-23(27(31)26(22)30)17-21(3)18-25(29)33-16-11-9-7-6-8-10-15-24(28)32-4/h12-13,18,20,22-23,26-27,30-31H,5-11,14-17,19H2,1-4H3/b13-12+,21-18+/t20-,22-,23-,26+,27-/m0/s1. The number of hydrogen-bond acceptors (Lipinski definition) is 7. The van der Waals surface area contributed by atoms with Crippen molar-refractivity contribution >= 4 is 11.9 Å². The third kappa shape index (κ3) is 12.7. The molecule has 0 amide bonds. The van der Waals surface area contributed by atoms with Crippen molar-refractivity contribution in [3.05, 3.63) is 23.8 Å². The molecule has 0 bridgehead atoms. The van der Waals surface area contributed by atoms with Crippen molar-refractivity contribution in [1.82, 2.24) is 0 Å². The Balaban J connectivity index is 2.23. The van der Waals surface area contributed by atoms with Gasteiger partial charge in [-0.3, -0.25) is 4.79 Å². The lowest BCUT2D eigenvalue weighted by Crippen LogP contribution is -2.50. The minimum Gasteiger partial charge on any atom is -0.469 e. The molecule has 0 spiro atoms. The number of rotatable bonds is 16. The molecule has 196 valence electrons. The molecule has 1 fully saturated rings. The first-order chi connectivity index (χ1) is 16.3. The van der Waals surface area contributed by atoms with Crippen LogP contribution in [-0.4, -0.2) is 60.8 Å². The second kappa shape index (κ2) is 17.7. The highest BCUT2D eigenvalue weighted by Gasteiger charge is 2.37. The van der Waals surface area contributed by atoms with Crippen LogP contribution in [0.3, 0.4) is 0 Å². The van der Waals surface area contributed by atoms with Gasteiger partial charge in [0.15, 0.2) is 0 Å². The smallest absolute Gasteiger partial charge is 0.330 e. The maximum Gasteiger partial charge on any atom is 0.330 e. The van der Waals surface area contributed by atoms with Crippen LogP contribution in [0.15, 0.2) is 23.8 Å². The first-order valence-electron chi connectivity index (χ1n) is 12.8. The molecule has 1 heterocycles. The van der Waals surface area contributed by atoms with Crippen LogP contribution in [0.1, 0.15) is 85.0 Å². The number of methoxy groups -OCH3 is 1. The van der Waals surface area contributed by atoms with Gasteiger partial charge in [0.1, 0.15) is 6.10 Å². The molecule has 2 N–H and O–H groups in total. The van der Waals surface area contributed by atoms with Crippen LogP contribution in [0.5, 0.6) is 0 Å². The average molecular weight is 483 g/mol. The minimum atomic E-state index is -0.984. The fourth-order valence-corrected chi connectivity index (χ4v) is 3.92. The van der Waals surface area contributed by atoms with Crippen LogP contribution in [0, 0.1) is 11.8 Å². The van der Waals surface area contributed by atoms with E-state index in [1.165, 1.54) is 13.2 Å². The Labute approximate surface area is 205 Å². The third-order valence-electron chi connectivity index (χ3n) is 6.42. The molecule has 0 aromatic heterocycles. The van der Waals surface area contributed by atoms with Crippen molar-refractivity contribution in [3.8, 4) is 0 Å². The van der Waals surface area contributed by atoms with Crippen molar-refractivity contribution < 1.29 is 34.0 Å². The summed E-state index contributed by atoms with van der Waals surface area (Å²) in [5.74, 6) is -0.190. The molecule has 0 radical (unpaired) electrons. The molecule has 0 aromatic rings. The predicted molar refractivity (Wildman–Crippen MR) is 132 cm³/mol. The van der Waals surface area contributed by atoms with E-state index in [2.05, 4.69) is 30.7 Å². The quantitative estimate of drug-likeness (QED) is 0.144. The summed E-state index contributed by atoms with van der Waals surface area (Å²) in [7, 11) is 1.40. The van der Waals surface area contributed by atoms with Crippen LogP contribution in [-0.2, 0) is 23.8 Å². The highest BCUT2D eigenvalue weighted by molar-refractivity contribution is 5.82. The van der Waals surface area contributed by atoms with E-state index in [0.717, 1.165) is 50.5 Å². The van der Waals surface area contributed by atoms with Gasteiger partial charge in [-0.05, 0) is 38.5 Å². The lowest BCUT2D eigenvalue weighted by Gasteiger charge is -2.37. The zero-order valence-corrected chi connectivity index (χ0v) is 21.5. The summed E-state index contributed by atoms with van der Waals surface area (Å²) in [5, 5.41) is 21.0. The summed E-state index contributed by atoms with van der Waals surface area (Å²) in [5.41, 5.74) is 0.752. The molecule has 0 unspecified atom stereocenters. The largest absolute Gasteiger partial charge is 0.469 e. The molecular weight excluding hydrogens is 436 g/mol. The molecule has 0 aromatic carbocycles. The van der Waals surface area contributed by atoms with Gasteiger partial charge in [0, 0.05) is 18.4 Å². The molecule has 0 saturated carbocycles. The van der Waals surface area contributed by atoms with Gasteiger partial charge in [0.2, 0.25) is 0 Å². The van der Waals surface area contributed by atoms with Crippen LogP contribution in [0.4, 0.5) is 0 Å². The van der Waals surface area contributed by atoms with Gasteiger partial charge in [0.25, 0.3) is 0 Å². The van der Waals surface area contributed by atoms with Gasteiger partial charge in [-0.15, -0.1) is 0 Å². The topological polar surface area (TPSA) is 102 Å². The predicted octanol–water partition coefficient (Wildman–Crippen LogP) is 4.50. The Morgan fingerprint density at radius 2 is 1.76 bits per heavy atom. The number of aliphatic hydroxyl groups is 2. The first kappa shape index (κ1) is 30.3. The molecule has 5 atom stereocenters. The average Bonchev–Trinajstić information content (AvgIpc) is 2.81. The summed E-state index contributed by atoms with van der Waals surface area (Å²) in [6.07, 6.45) is 11.6. The van der Waals surface area contributed by atoms with E-state index in [9.17, 15) is 19.8 Å². The number of allylic oxidation sites excluding steroid dienone is 2. The summed E-state index contributed by atoms with van der Waals surface area (Å²) < 4.78 is 15.7. The normalized spacial score (nSPS) is 24.2. The van der Waals surface area contributed by atoms with E-state index in [0.29, 0.717) is 38.4 Å². The Hall–Kier alpha value is -1.70. The molecule has 1 saturated heterocycles. The summed E-state index contributed by atoms with van der Waals surface area (Å²) >= 11 is 0. The lowest BCUT2D eigenvalue weighted by molar-refractivity contribution is -0.162.